The minimum atomic E-state index is -1.28. The molecule has 0 aliphatic heterocycles. The van der Waals surface area contributed by atoms with E-state index in [-0.39, 0.29) is 0 Å². The Morgan fingerprint density at radius 3 is 0.971 bits per heavy atom. The third-order valence-corrected chi connectivity index (χ3v) is 5.84. The molecule has 0 unspecified atom stereocenters. The van der Waals surface area contributed by atoms with Crippen molar-refractivity contribution in [3.8, 4) is 34.5 Å². The van der Waals surface area contributed by atoms with Crippen molar-refractivity contribution >= 4 is 0 Å². The summed E-state index contributed by atoms with van der Waals surface area (Å²) in [5, 5.41) is 42.6. The minimum Gasteiger partial charge on any atom is -0.493 e. The third kappa shape index (κ3) is 5.41. The smallest absolute Gasteiger partial charge is 0.203 e. The Morgan fingerprint density at radius 1 is 0.529 bits per heavy atom. The summed E-state index contributed by atoms with van der Waals surface area (Å²) >= 11 is 0. The third-order valence-electron chi connectivity index (χ3n) is 5.84. The molecule has 0 radical (unpaired) electrons. The number of hydrogen-bond acceptors (Lipinski definition) is 10. The van der Waals surface area contributed by atoms with Crippen molar-refractivity contribution in [2.24, 2.45) is 11.8 Å². The number of ether oxygens (including phenoxy) is 6. The highest BCUT2D eigenvalue weighted by Gasteiger charge is 2.36. The van der Waals surface area contributed by atoms with Gasteiger partial charge in [-0.05, 0) is 35.4 Å². The van der Waals surface area contributed by atoms with Crippen LogP contribution in [0.15, 0.2) is 24.3 Å². The minimum absolute atomic E-state index is 0.318. The number of hydrogen-bond donors (Lipinski definition) is 4. The molecule has 0 fully saturated rings. The van der Waals surface area contributed by atoms with Gasteiger partial charge in [0.15, 0.2) is 23.0 Å². The molecule has 0 aliphatic carbocycles. The van der Waals surface area contributed by atoms with E-state index in [9.17, 15) is 20.4 Å². The molecule has 0 saturated carbocycles. The first-order chi connectivity index (χ1) is 16.3. The molecular weight excluding hydrogens is 448 g/mol. The van der Waals surface area contributed by atoms with Gasteiger partial charge in [-0.3, -0.25) is 0 Å². The number of methoxy groups -OCH3 is 6. The SMILES string of the molecule is COc1cc([C@@H](O)[C@@H](CO)[C@H](CO)[C@H](O)c2cc(OC)c(OC)c(OC)c2)cc(OC)c1OC. The Bertz CT molecular complexity index is 806. The fourth-order valence-electron chi connectivity index (χ4n) is 3.98. The standard InChI is InChI=1S/C24H34O10/c1-29-17-7-13(8-18(30-2)23(17)33-5)21(27)15(11-25)16(12-26)22(28)14-9-19(31-3)24(34-6)20(10-14)32-4/h7-10,15-16,21-22,25-28H,11-12H2,1-6H3/t15-,16-,21+,22+/m0/s1. The van der Waals surface area contributed by atoms with Gasteiger partial charge in [-0.2, -0.15) is 0 Å². The van der Waals surface area contributed by atoms with Crippen molar-refractivity contribution in [2.75, 3.05) is 55.9 Å². The molecule has 0 amide bonds. The van der Waals surface area contributed by atoms with Gasteiger partial charge in [0.1, 0.15) is 0 Å². The van der Waals surface area contributed by atoms with Crippen LogP contribution in [-0.2, 0) is 0 Å². The van der Waals surface area contributed by atoms with Gasteiger partial charge in [-0.25, -0.2) is 0 Å². The molecule has 0 spiro atoms. The normalized spacial score (nSPS) is 14.5. The van der Waals surface area contributed by atoms with Crippen LogP contribution in [0.5, 0.6) is 34.5 Å². The Balaban J connectivity index is 2.49. The van der Waals surface area contributed by atoms with Crippen molar-refractivity contribution in [3.63, 3.8) is 0 Å². The molecule has 34 heavy (non-hydrogen) atoms. The predicted octanol–water partition coefficient (Wildman–Crippen LogP) is 1.72. The van der Waals surface area contributed by atoms with Crippen LogP contribution in [0, 0.1) is 11.8 Å². The average Bonchev–Trinajstić information content (AvgIpc) is 2.88. The summed E-state index contributed by atoms with van der Waals surface area (Å²) < 4.78 is 32.0. The topological polar surface area (TPSA) is 136 Å². The molecule has 0 aliphatic rings. The first-order valence-corrected chi connectivity index (χ1v) is 10.5. The van der Waals surface area contributed by atoms with E-state index in [1.165, 1.54) is 42.7 Å². The molecule has 0 heterocycles. The number of aliphatic hydroxyl groups is 4. The fourth-order valence-corrected chi connectivity index (χ4v) is 3.98. The summed E-state index contributed by atoms with van der Waals surface area (Å²) in [6.07, 6.45) is -2.57. The quantitative estimate of drug-likeness (QED) is 0.334. The summed E-state index contributed by atoms with van der Waals surface area (Å²) in [5.74, 6) is 0.0485. The molecule has 0 bridgehead atoms. The number of rotatable bonds is 13. The van der Waals surface area contributed by atoms with Crippen LogP contribution in [0.2, 0.25) is 0 Å². The Morgan fingerprint density at radius 2 is 0.794 bits per heavy atom. The molecule has 4 N–H and O–H groups in total. The van der Waals surface area contributed by atoms with Crippen LogP contribution in [0.4, 0.5) is 0 Å². The lowest BCUT2D eigenvalue weighted by atomic mass is 9.79. The van der Waals surface area contributed by atoms with E-state index in [1.807, 2.05) is 0 Å². The van der Waals surface area contributed by atoms with Gasteiger partial charge in [0.2, 0.25) is 11.5 Å². The molecule has 4 atom stereocenters. The lowest BCUT2D eigenvalue weighted by Gasteiger charge is -2.32. The van der Waals surface area contributed by atoms with Gasteiger partial charge in [-0.1, -0.05) is 0 Å². The number of benzene rings is 2. The Hall–Kier alpha value is -2.92. The molecule has 2 aromatic carbocycles. The van der Waals surface area contributed by atoms with Gasteiger partial charge >= 0.3 is 0 Å². The second kappa shape index (κ2) is 12.5. The van der Waals surface area contributed by atoms with Gasteiger partial charge in [0.25, 0.3) is 0 Å². The lowest BCUT2D eigenvalue weighted by molar-refractivity contribution is -0.0425. The second-order valence-electron chi connectivity index (χ2n) is 7.50. The van der Waals surface area contributed by atoms with E-state index in [2.05, 4.69) is 0 Å². The van der Waals surface area contributed by atoms with Gasteiger partial charge in [0, 0.05) is 25.0 Å². The maximum Gasteiger partial charge on any atom is 0.203 e. The Kier molecular flexibility index (Phi) is 10.1. The van der Waals surface area contributed by atoms with Crippen LogP contribution in [-0.4, -0.2) is 76.3 Å². The monoisotopic (exact) mass is 482 g/mol. The van der Waals surface area contributed by atoms with E-state index in [1.54, 1.807) is 24.3 Å². The van der Waals surface area contributed by atoms with Crippen LogP contribution in [0.25, 0.3) is 0 Å². The van der Waals surface area contributed by atoms with Gasteiger partial charge in [-0.15, -0.1) is 0 Å². The zero-order chi connectivity index (χ0) is 25.4. The molecule has 0 saturated heterocycles. The zero-order valence-corrected chi connectivity index (χ0v) is 20.3. The van der Waals surface area contributed by atoms with Gasteiger partial charge in [0.05, 0.1) is 54.9 Å². The predicted molar refractivity (Wildman–Crippen MR) is 123 cm³/mol. The fraction of sp³-hybridized carbons (Fsp3) is 0.500. The summed E-state index contributed by atoms with van der Waals surface area (Å²) in [5.41, 5.74) is 0.702. The van der Waals surface area contributed by atoms with Crippen molar-refractivity contribution in [1.29, 1.82) is 0 Å². The maximum absolute atomic E-state index is 11.2. The summed E-state index contributed by atoms with van der Waals surface area (Å²) in [6.45, 7) is -1.05. The molecule has 2 aromatic rings. The highest BCUT2D eigenvalue weighted by atomic mass is 16.5. The van der Waals surface area contributed by atoms with Crippen LogP contribution >= 0.6 is 0 Å². The zero-order valence-electron chi connectivity index (χ0n) is 20.3. The van der Waals surface area contributed by atoms with Gasteiger partial charge < -0.3 is 48.8 Å². The molecule has 10 heteroatoms. The van der Waals surface area contributed by atoms with Crippen molar-refractivity contribution in [1.82, 2.24) is 0 Å². The van der Waals surface area contributed by atoms with E-state index < -0.39 is 37.3 Å². The summed E-state index contributed by atoms with van der Waals surface area (Å²) in [4.78, 5) is 0. The van der Waals surface area contributed by atoms with Crippen LogP contribution in [0.1, 0.15) is 23.3 Å². The van der Waals surface area contributed by atoms with Crippen LogP contribution in [0.3, 0.4) is 0 Å². The highest BCUT2D eigenvalue weighted by Crippen LogP contribution is 2.45. The highest BCUT2D eigenvalue weighted by molar-refractivity contribution is 5.55. The molecule has 10 nitrogen and oxygen atoms in total. The largest absolute Gasteiger partial charge is 0.493 e. The number of aliphatic hydroxyl groups excluding tert-OH is 4. The first-order valence-electron chi connectivity index (χ1n) is 10.5. The summed E-state index contributed by atoms with van der Waals surface area (Å²) in [6, 6.07) is 6.20. The van der Waals surface area contributed by atoms with Crippen LogP contribution < -0.4 is 28.4 Å². The molecule has 2 rings (SSSR count). The van der Waals surface area contributed by atoms with E-state index in [4.69, 9.17) is 28.4 Å². The van der Waals surface area contributed by atoms with Crippen molar-refractivity contribution in [2.45, 2.75) is 12.2 Å². The summed E-state index contributed by atoms with van der Waals surface area (Å²) in [7, 11) is 8.71. The first kappa shape index (κ1) is 27.3. The van der Waals surface area contributed by atoms with E-state index in [0.717, 1.165) is 0 Å². The molecular formula is C24H34O10. The molecule has 190 valence electrons. The second-order valence-corrected chi connectivity index (χ2v) is 7.50. The van der Waals surface area contributed by atoms with E-state index >= 15 is 0 Å². The maximum atomic E-state index is 11.2. The lowest BCUT2D eigenvalue weighted by Crippen LogP contribution is -2.32. The average molecular weight is 483 g/mol. The van der Waals surface area contributed by atoms with Crippen molar-refractivity contribution in [3.05, 3.63) is 35.4 Å². The van der Waals surface area contributed by atoms with Crippen molar-refractivity contribution < 1.29 is 48.8 Å². The van der Waals surface area contributed by atoms with E-state index in [0.29, 0.717) is 45.6 Å². The Labute approximate surface area is 199 Å². The molecule has 0 aromatic heterocycles.